The zero-order valence-electron chi connectivity index (χ0n) is 25.1. The van der Waals surface area contributed by atoms with E-state index in [0.717, 1.165) is 22.3 Å². The summed E-state index contributed by atoms with van der Waals surface area (Å²) in [6.45, 7) is 28.3. The molecule has 0 aliphatic carbocycles. The first-order chi connectivity index (χ1) is 16.2. The summed E-state index contributed by atoms with van der Waals surface area (Å²) in [5.41, 5.74) is 11.8. The zero-order valence-corrected chi connectivity index (χ0v) is 25.1. The molecule has 36 heavy (non-hydrogen) atoms. The molecule has 2 rings (SSSR count). The molecular formula is C32H52N2O2. The highest BCUT2D eigenvalue weighted by atomic mass is 16.3. The first-order valence-electron chi connectivity index (χ1n) is 13.3. The molecule has 0 heterocycles. The average Bonchev–Trinajstić information content (AvgIpc) is 2.67. The van der Waals surface area contributed by atoms with Crippen molar-refractivity contribution in [2.75, 3.05) is 13.1 Å². The maximum absolute atomic E-state index is 11.3. The monoisotopic (exact) mass is 496 g/mol. The molecule has 0 aromatic heterocycles. The maximum atomic E-state index is 11.3. The third-order valence-electron chi connectivity index (χ3n) is 6.96. The molecule has 4 heteroatoms. The van der Waals surface area contributed by atoms with Crippen molar-refractivity contribution in [1.82, 2.24) is 4.90 Å². The van der Waals surface area contributed by atoms with Crippen LogP contribution in [0.1, 0.15) is 116 Å². The molecule has 0 radical (unpaired) electrons. The highest BCUT2D eigenvalue weighted by molar-refractivity contribution is 5.50. The predicted molar refractivity (Wildman–Crippen MR) is 154 cm³/mol. The summed E-state index contributed by atoms with van der Waals surface area (Å²) >= 11 is 0. The number of rotatable bonds is 6. The Hall–Kier alpha value is -2.04. The van der Waals surface area contributed by atoms with Gasteiger partial charge in [-0.1, -0.05) is 107 Å². The van der Waals surface area contributed by atoms with Crippen LogP contribution in [-0.2, 0) is 34.7 Å². The normalized spacial score (nSPS) is 13.5. The first-order valence-corrected chi connectivity index (χ1v) is 13.3. The van der Waals surface area contributed by atoms with E-state index in [4.69, 9.17) is 5.73 Å². The van der Waals surface area contributed by atoms with Crippen molar-refractivity contribution in [3.05, 3.63) is 57.6 Å². The van der Waals surface area contributed by atoms with Gasteiger partial charge in [0.05, 0.1) is 0 Å². The van der Waals surface area contributed by atoms with Gasteiger partial charge in [0, 0.05) is 37.3 Å². The lowest BCUT2D eigenvalue weighted by Gasteiger charge is -2.31. The molecular weight excluding hydrogens is 444 g/mol. The maximum Gasteiger partial charge on any atom is 0.123 e. The number of phenolic OH excluding ortho intramolecular Hbond substituents is 2. The largest absolute Gasteiger partial charge is 0.507 e. The molecule has 0 aliphatic rings. The molecule has 0 atom stereocenters. The number of benzene rings is 2. The van der Waals surface area contributed by atoms with Crippen LogP contribution in [-0.4, -0.2) is 28.2 Å². The fraction of sp³-hybridized carbons (Fsp3) is 0.625. The Morgan fingerprint density at radius 3 is 1.17 bits per heavy atom. The van der Waals surface area contributed by atoms with E-state index < -0.39 is 0 Å². The smallest absolute Gasteiger partial charge is 0.123 e. The van der Waals surface area contributed by atoms with E-state index in [1.165, 1.54) is 11.1 Å². The number of hydrogen-bond acceptors (Lipinski definition) is 4. The van der Waals surface area contributed by atoms with Crippen molar-refractivity contribution in [3.63, 3.8) is 0 Å². The molecule has 2 aromatic rings. The Labute approximate surface area is 220 Å². The number of aromatic hydroxyl groups is 2. The second-order valence-corrected chi connectivity index (χ2v) is 14.6. The molecule has 202 valence electrons. The molecule has 0 aliphatic heterocycles. The molecule has 0 saturated heterocycles. The SMILES string of the molecule is CC(C)(C)c1cc(CN(CCN)Cc2cc(C(C)(C)C)cc(C(C)(C)C)c2O)c(O)c(C(C)(C)C)c1. The number of phenols is 2. The van der Waals surface area contributed by atoms with E-state index in [0.29, 0.717) is 37.7 Å². The van der Waals surface area contributed by atoms with Gasteiger partial charge in [-0.25, -0.2) is 0 Å². The summed E-state index contributed by atoms with van der Waals surface area (Å²) in [7, 11) is 0. The van der Waals surface area contributed by atoms with Crippen LogP contribution in [0, 0.1) is 0 Å². The molecule has 0 bridgehead atoms. The van der Waals surface area contributed by atoms with Crippen LogP contribution in [0.3, 0.4) is 0 Å². The van der Waals surface area contributed by atoms with E-state index in [-0.39, 0.29) is 21.7 Å². The molecule has 0 saturated carbocycles. The number of hydrogen-bond donors (Lipinski definition) is 3. The third kappa shape index (κ3) is 7.26. The zero-order chi connectivity index (χ0) is 27.9. The Kier molecular flexibility index (Phi) is 8.70. The van der Waals surface area contributed by atoms with E-state index in [1.807, 2.05) is 0 Å². The van der Waals surface area contributed by atoms with Gasteiger partial charge in [0.2, 0.25) is 0 Å². The van der Waals surface area contributed by atoms with Gasteiger partial charge in [-0.2, -0.15) is 0 Å². The minimum Gasteiger partial charge on any atom is -0.507 e. The fourth-order valence-electron chi connectivity index (χ4n) is 4.52. The summed E-state index contributed by atoms with van der Waals surface area (Å²) in [6.07, 6.45) is 0. The average molecular weight is 497 g/mol. The molecule has 0 unspecified atom stereocenters. The van der Waals surface area contributed by atoms with Crippen LogP contribution in [0.2, 0.25) is 0 Å². The lowest BCUT2D eigenvalue weighted by molar-refractivity contribution is 0.255. The lowest BCUT2D eigenvalue weighted by Crippen LogP contribution is -2.30. The third-order valence-corrected chi connectivity index (χ3v) is 6.96. The fourth-order valence-corrected chi connectivity index (χ4v) is 4.52. The van der Waals surface area contributed by atoms with Crippen molar-refractivity contribution in [3.8, 4) is 11.5 Å². The molecule has 0 amide bonds. The Bertz CT molecular complexity index is 975. The Balaban J connectivity index is 2.61. The highest BCUT2D eigenvalue weighted by Crippen LogP contribution is 2.40. The van der Waals surface area contributed by atoms with Gasteiger partial charge < -0.3 is 15.9 Å². The van der Waals surface area contributed by atoms with Gasteiger partial charge in [-0.05, 0) is 43.9 Å². The van der Waals surface area contributed by atoms with Crippen LogP contribution in [0.4, 0.5) is 0 Å². The van der Waals surface area contributed by atoms with Crippen LogP contribution < -0.4 is 5.73 Å². The Morgan fingerprint density at radius 2 is 0.917 bits per heavy atom. The van der Waals surface area contributed by atoms with Gasteiger partial charge in [0.25, 0.3) is 0 Å². The van der Waals surface area contributed by atoms with E-state index in [2.05, 4.69) is 112 Å². The molecule has 4 N–H and O–H groups in total. The van der Waals surface area contributed by atoms with Gasteiger partial charge in [0.15, 0.2) is 0 Å². The van der Waals surface area contributed by atoms with Crippen LogP contribution >= 0.6 is 0 Å². The summed E-state index contributed by atoms with van der Waals surface area (Å²) < 4.78 is 0. The van der Waals surface area contributed by atoms with Crippen molar-refractivity contribution in [2.45, 2.75) is 118 Å². The molecule has 0 spiro atoms. The van der Waals surface area contributed by atoms with Gasteiger partial charge in [-0.15, -0.1) is 0 Å². The molecule has 4 nitrogen and oxygen atoms in total. The van der Waals surface area contributed by atoms with Gasteiger partial charge in [0.1, 0.15) is 11.5 Å². The van der Waals surface area contributed by atoms with Crippen LogP contribution in [0.25, 0.3) is 0 Å². The quantitative estimate of drug-likeness (QED) is 0.394. The molecule has 2 aromatic carbocycles. The van der Waals surface area contributed by atoms with E-state index in [9.17, 15) is 10.2 Å². The summed E-state index contributed by atoms with van der Waals surface area (Å²) in [5.74, 6) is 0.723. The van der Waals surface area contributed by atoms with Crippen molar-refractivity contribution < 1.29 is 10.2 Å². The van der Waals surface area contributed by atoms with Crippen molar-refractivity contribution >= 4 is 0 Å². The highest BCUT2D eigenvalue weighted by Gasteiger charge is 2.28. The standard InChI is InChI=1S/C32H52N2O2/c1-29(2,3)23-15-21(27(35)25(17-23)31(7,8)9)19-34(14-13-33)20-22-16-24(30(4,5)6)18-26(28(22)36)32(10,11)12/h15-18,35-36H,13-14,19-20,33H2,1-12H3. The van der Waals surface area contributed by atoms with E-state index >= 15 is 0 Å². The predicted octanol–water partition coefficient (Wildman–Crippen LogP) is 7.25. The second kappa shape index (κ2) is 10.4. The topological polar surface area (TPSA) is 69.7 Å². The minimum atomic E-state index is -0.181. The lowest BCUT2D eigenvalue weighted by atomic mass is 9.78. The van der Waals surface area contributed by atoms with Crippen LogP contribution in [0.15, 0.2) is 24.3 Å². The first kappa shape index (κ1) is 30.2. The van der Waals surface area contributed by atoms with Gasteiger partial charge in [-0.3, -0.25) is 4.90 Å². The summed E-state index contributed by atoms with van der Waals surface area (Å²) in [6, 6.07) is 8.58. The van der Waals surface area contributed by atoms with Gasteiger partial charge >= 0.3 is 0 Å². The second-order valence-electron chi connectivity index (χ2n) is 14.6. The number of nitrogens with two attached hydrogens (primary N) is 1. The van der Waals surface area contributed by atoms with Crippen LogP contribution in [0.5, 0.6) is 11.5 Å². The van der Waals surface area contributed by atoms with Crippen molar-refractivity contribution in [1.29, 1.82) is 0 Å². The Morgan fingerprint density at radius 1 is 0.583 bits per heavy atom. The molecule has 0 fully saturated rings. The van der Waals surface area contributed by atoms with E-state index in [1.54, 1.807) is 0 Å². The summed E-state index contributed by atoms with van der Waals surface area (Å²) in [4.78, 5) is 2.24. The number of nitrogens with zero attached hydrogens (tertiary/aromatic N) is 1. The minimum absolute atomic E-state index is 0.0396. The van der Waals surface area contributed by atoms with Crippen molar-refractivity contribution in [2.24, 2.45) is 5.73 Å². The summed E-state index contributed by atoms with van der Waals surface area (Å²) in [5, 5.41) is 22.7.